The highest BCUT2D eigenvalue weighted by atomic mass is 32.1. The van der Waals surface area contributed by atoms with E-state index in [2.05, 4.69) is 10.2 Å². The fourth-order valence-electron chi connectivity index (χ4n) is 4.76. The Labute approximate surface area is 226 Å². The lowest BCUT2D eigenvalue weighted by atomic mass is 10.0. The number of hydrogen-bond donors (Lipinski definition) is 2. The molecule has 0 aliphatic carbocycles. The highest BCUT2D eigenvalue weighted by Gasteiger charge is 2.31. The van der Waals surface area contributed by atoms with Gasteiger partial charge in [-0.2, -0.15) is 0 Å². The number of carbonyl (C=O) groups is 2. The van der Waals surface area contributed by atoms with Crippen molar-refractivity contribution in [3.8, 4) is 16.3 Å². The van der Waals surface area contributed by atoms with Crippen LogP contribution in [0.5, 0.6) is 5.75 Å². The van der Waals surface area contributed by atoms with Crippen molar-refractivity contribution in [3.05, 3.63) is 83.9 Å². The van der Waals surface area contributed by atoms with E-state index in [9.17, 15) is 9.59 Å². The lowest BCUT2D eigenvalue weighted by Crippen LogP contribution is -2.52. The van der Waals surface area contributed by atoms with Crippen molar-refractivity contribution in [2.75, 3.05) is 46.4 Å². The molecule has 3 N–H and O–H groups in total. The van der Waals surface area contributed by atoms with E-state index in [0.717, 1.165) is 32.1 Å². The molecule has 1 unspecified atom stereocenters. The fourth-order valence-corrected chi connectivity index (χ4v) is 5.75. The number of thiazole rings is 1. The molecule has 196 valence electrons. The Morgan fingerprint density at radius 3 is 2.55 bits per heavy atom. The minimum absolute atomic E-state index is 0.0156. The van der Waals surface area contributed by atoms with Crippen LogP contribution in [-0.2, 0) is 4.79 Å². The number of rotatable bonds is 8. The molecule has 0 bridgehead atoms. The van der Waals surface area contributed by atoms with Gasteiger partial charge in [0.1, 0.15) is 16.8 Å². The summed E-state index contributed by atoms with van der Waals surface area (Å²) >= 11 is 1.58. The summed E-state index contributed by atoms with van der Waals surface area (Å²) < 4.78 is 6.37. The van der Waals surface area contributed by atoms with Crippen LogP contribution >= 0.6 is 11.3 Å². The Morgan fingerprint density at radius 2 is 1.82 bits per heavy atom. The Bertz CT molecular complexity index is 1420. The van der Waals surface area contributed by atoms with Crippen molar-refractivity contribution >= 4 is 33.4 Å². The molecule has 2 heterocycles. The van der Waals surface area contributed by atoms with E-state index in [-0.39, 0.29) is 11.8 Å². The van der Waals surface area contributed by atoms with Gasteiger partial charge in [-0.25, -0.2) is 4.98 Å². The molecule has 1 aliphatic rings. The third kappa shape index (κ3) is 5.55. The lowest BCUT2D eigenvalue weighted by molar-refractivity contribution is -0.127. The second-order valence-corrected chi connectivity index (χ2v) is 10.2. The third-order valence-corrected chi connectivity index (χ3v) is 7.79. The van der Waals surface area contributed by atoms with Gasteiger partial charge in [0.05, 0.1) is 17.3 Å². The first kappa shape index (κ1) is 25.8. The summed E-state index contributed by atoms with van der Waals surface area (Å²) in [6.45, 7) is 3.09. The van der Waals surface area contributed by atoms with Crippen molar-refractivity contribution in [2.24, 2.45) is 5.73 Å². The monoisotopic (exact) mass is 529 g/mol. The van der Waals surface area contributed by atoms with Crippen molar-refractivity contribution in [1.82, 2.24) is 20.1 Å². The number of piperazine rings is 1. The van der Waals surface area contributed by atoms with Crippen molar-refractivity contribution < 1.29 is 14.3 Å². The number of fused-ring (bicyclic) bond motifs is 1. The minimum Gasteiger partial charge on any atom is -0.497 e. The molecule has 38 heavy (non-hydrogen) atoms. The zero-order chi connectivity index (χ0) is 26.5. The first-order chi connectivity index (χ1) is 18.6. The Morgan fingerprint density at radius 1 is 1.03 bits per heavy atom. The molecular weight excluding hydrogens is 498 g/mol. The van der Waals surface area contributed by atoms with Gasteiger partial charge in [0.25, 0.3) is 5.91 Å². The predicted octanol–water partition coefficient (Wildman–Crippen LogP) is 3.55. The second kappa shape index (κ2) is 11.7. The van der Waals surface area contributed by atoms with Crippen LogP contribution in [0.25, 0.3) is 20.8 Å². The lowest BCUT2D eigenvalue weighted by Gasteiger charge is -2.38. The van der Waals surface area contributed by atoms with E-state index in [1.165, 1.54) is 0 Å². The maximum absolute atomic E-state index is 13.4. The van der Waals surface area contributed by atoms with Crippen LogP contribution in [0.2, 0.25) is 0 Å². The number of nitrogens with zero attached hydrogens (tertiary/aromatic N) is 3. The van der Waals surface area contributed by atoms with E-state index in [1.807, 2.05) is 77.7 Å². The fraction of sp³-hybridized carbons (Fsp3) is 0.276. The van der Waals surface area contributed by atoms with Gasteiger partial charge < -0.3 is 20.7 Å². The third-order valence-electron chi connectivity index (χ3n) is 6.73. The quantitative estimate of drug-likeness (QED) is 0.362. The average Bonchev–Trinajstić information content (AvgIpc) is 3.40. The molecule has 2 amide bonds. The van der Waals surface area contributed by atoms with E-state index in [4.69, 9.17) is 15.5 Å². The molecule has 3 aromatic carbocycles. The number of hydrogen-bond acceptors (Lipinski definition) is 7. The average molecular weight is 530 g/mol. The van der Waals surface area contributed by atoms with Gasteiger partial charge in [0.2, 0.25) is 5.91 Å². The Kier molecular flexibility index (Phi) is 7.97. The highest BCUT2D eigenvalue weighted by Crippen LogP contribution is 2.33. The van der Waals surface area contributed by atoms with Crippen molar-refractivity contribution in [1.29, 1.82) is 0 Å². The smallest absolute Gasteiger partial charge is 0.253 e. The van der Waals surface area contributed by atoms with Gasteiger partial charge in [0.15, 0.2) is 0 Å². The number of nitrogens with two attached hydrogens (primary N) is 1. The molecule has 1 aromatic heterocycles. The molecule has 9 heteroatoms. The first-order valence-electron chi connectivity index (χ1n) is 12.7. The summed E-state index contributed by atoms with van der Waals surface area (Å²) in [6.07, 6.45) is 0. The van der Waals surface area contributed by atoms with Crippen molar-refractivity contribution in [3.63, 3.8) is 0 Å². The van der Waals surface area contributed by atoms with Crippen molar-refractivity contribution in [2.45, 2.75) is 6.04 Å². The minimum atomic E-state index is -0.416. The van der Waals surface area contributed by atoms with Crippen LogP contribution in [0.4, 0.5) is 0 Å². The first-order valence-corrected chi connectivity index (χ1v) is 13.5. The number of amides is 2. The summed E-state index contributed by atoms with van der Waals surface area (Å²) in [5.41, 5.74) is 8.98. The molecule has 4 aromatic rings. The molecule has 1 saturated heterocycles. The summed E-state index contributed by atoms with van der Waals surface area (Å²) in [5.74, 6) is 0.711. The van der Waals surface area contributed by atoms with Gasteiger partial charge >= 0.3 is 0 Å². The largest absolute Gasteiger partial charge is 0.497 e. The number of benzene rings is 3. The van der Waals surface area contributed by atoms with Crippen LogP contribution in [0, 0.1) is 0 Å². The molecule has 0 radical (unpaired) electrons. The molecule has 0 saturated carbocycles. The van der Waals surface area contributed by atoms with Gasteiger partial charge in [-0.3, -0.25) is 14.5 Å². The van der Waals surface area contributed by atoms with E-state index in [1.54, 1.807) is 18.4 Å². The van der Waals surface area contributed by atoms with Crippen LogP contribution in [0.1, 0.15) is 22.0 Å². The Hall–Kier alpha value is -3.79. The summed E-state index contributed by atoms with van der Waals surface area (Å²) in [7, 11) is 1.65. The number of methoxy groups -OCH3 is 1. The Balaban J connectivity index is 1.29. The number of ether oxygens (including phenoxy) is 1. The molecular formula is C29H31N5O3S. The van der Waals surface area contributed by atoms with Gasteiger partial charge in [-0.15, -0.1) is 11.3 Å². The van der Waals surface area contributed by atoms with Gasteiger partial charge in [0, 0.05) is 50.4 Å². The number of carbonyl (C=O) groups excluding carboxylic acids is 2. The highest BCUT2D eigenvalue weighted by molar-refractivity contribution is 7.21. The molecule has 1 aliphatic heterocycles. The van der Waals surface area contributed by atoms with Crippen LogP contribution in [-0.4, -0.2) is 73.0 Å². The number of aromatic nitrogens is 1. The topological polar surface area (TPSA) is 101 Å². The van der Waals surface area contributed by atoms with E-state index < -0.39 is 6.04 Å². The van der Waals surface area contributed by atoms with Gasteiger partial charge in [-0.05, 0) is 35.9 Å². The summed E-state index contributed by atoms with van der Waals surface area (Å²) in [5, 5.41) is 3.79. The zero-order valence-electron chi connectivity index (χ0n) is 21.3. The van der Waals surface area contributed by atoms with Gasteiger partial charge in [-0.1, -0.05) is 42.5 Å². The summed E-state index contributed by atoms with van der Waals surface area (Å²) in [4.78, 5) is 35.2. The zero-order valence-corrected chi connectivity index (χ0v) is 22.1. The SMILES string of the molecule is COc1ccc2nc(-c3cccc(C(=O)N4CCN(C(C(=O)NCCN)c5ccccc5)CC4)c3)sc2c1. The molecule has 5 rings (SSSR count). The van der Waals surface area contributed by atoms with Crippen LogP contribution in [0.3, 0.4) is 0 Å². The maximum Gasteiger partial charge on any atom is 0.253 e. The normalized spacial score (nSPS) is 14.8. The van der Waals surface area contributed by atoms with E-state index >= 15 is 0 Å². The maximum atomic E-state index is 13.4. The molecule has 1 atom stereocenters. The molecule has 0 spiro atoms. The van der Waals surface area contributed by atoms with Crippen LogP contribution < -0.4 is 15.8 Å². The second-order valence-electron chi connectivity index (χ2n) is 9.15. The standard InChI is InChI=1S/C29H31N5O3S/c1-37-23-10-11-24-25(19-23)38-28(32-24)21-8-5-9-22(18-21)29(36)34-16-14-33(15-17-34)26(27(35)31-13-12-30)20-6-3-2-4-7-20/h2-11,18-19,26H,12-17,30H2,1H3,(H,31,35). The number of nitrogens with one attached hydrogen (secondary N) is 1. The van der Waals surface area contributed by atoms with Crippen LogP contribution in [0.15, 0.2) is 72.8 Å². The molecule has 8 nitrogen and oxygen atoms in total. The molecule has 1 fully saturated rings. The summed E-state index contributed by atoms with van der Waals surface area (Å²) in [6, 6.07) is 22.8. The predicted molar refractivity (Wildman–Crippen MR) is 150 cm³/mol. The van der Waals surface area contributed by atoms with E-state index in [0.29, 0.717) is 44.8 Å².